The van der Waals surface area contributed by atoms with E-state index in [0.29, 0.717) is 0 Å². The number of hydrogen-bond acceptors (Lipinski definition) is 0. The zero-order valence-electron chi connectivity index (χ0n) is 24.4. The number of hydrogen-bond donors (Lipinski definition) is 0. The molecule has 1 aliphatic carbocycles. The van der Waals surface area contributed by atoms with Gasteiger partial charge in [0, 0.05) is 5.41 Å². The van der Waals surface area contributed by atoms with Gasteiger partial charge in [0.2, 0.25) is 0 Å². The standard InChI is InChI=1S/C43H30/c1-43(2)38-21-13-12-20-30(38)36-25-37-34(28-16-8-4-9-17-28)24-33(27-14-6-3-7-15-27)31-22-23-32-35(29-18-10-5-11-19-29)26-39(43)41(36)42(32)40(31)37/h3-26H,1-2H3. The normalized spacial score (nSPS) is 13.5. The zero-order chi connectivity index (χ0) is 28.7. The second kappa shape index (κ2) is 8.90. The fraction of sp³-hybridized carbons (Fsp3) is 0.0698. The second-order valence-electron chi connectivity index (χ2n) is 12.5. The van der Waals surface area contributed by atoms with Gasteiger partial charge in [-0.05, 0) is 106 Å². The maximum absolute atomic E-state index is 2.50. The van der Waals surface area contributed by atoms with E-state index in [0.717, 1.165) is 0 Å². The Morgan fingerprint density at radius 3 is 1.42 bits per heavy atom. The molecule has 0 unspecified atom stereocenters. The zero-order valence-corrected chi connectivity index (χ0v) is 24.4. The van der Waals surface area contributed by atoms with Crippen molar-refractivity contribution in [2.75, 3.05) is 0 Å². The fourth-order valence-corrected chi connectivity index (χ4v) is 7.78. The minimum atomic E-state index is -0.139. The van der Waals surface area contributed by atoms with Crippen molar-refractivity contribution in [3.05, 3.63) is 157 Å². The Morgan fingerprint density at radius 1 is 0.326 bits per heavy atom. The number of rotatable bonds is 3. The van der Waals surface area contributed by atoms with Crippen molar-refractivity contribution in [1.29, 1.82) is 0 Å². The van der Waals surface area contributed by atoms with Gasteiger partial charge in [0.05, 0.1) is 0 Å². The third-order valence-corrected chi connectivity index (χ3v) is 9.82. The van der Waals surface area contributed by atoms with E-state index in [1.54, 1.807) is 0 Å². The third kappa shape index (κ3) is 3.38. The smallest absolute Gasteiger partial charge is 0.0159 e. The molecule has 8 aromatic carbocycles. The Kier molecular flexibility index (Phi) is 5.05. The summed E-state index contributed by atoms with van der Waals surface area (Å²) in [5.41, 5.74) is 13.0. The van der Waals surface area contributed by atoms with Crippen LogP contribution in [0.2, 0.25) is 0 Å². The molecule has 0 fully saturated rings. The monoisotopic (exact) mass is 546 g/mol. The molecule has 0 radical (unpaired) electrons. The van der Waals surface area contributed by atoms with Crippen molar-refractivity contribution in [2.45, 2.75) is 19.3 Å². The van der Waals surface area contributed by atoms with Crippen LogP contribution in [-0.4, -0.2) is 0 Å². The average Bonchev–Trinajstić information content (AvgIpc) is 3.07. The maximum Gasteiger partial charge on any atom is 0.0159 e. The molecule has 1 aliphatic rings. The Bertz CT molecular complexity index is 2330. The molecule has 9 rings (SSSR count). The SMILES string of the molecule is CC1(C)c2ccccc2-c2cc3c(-c4ccccc4)cc(-c4ccccc4)c4ccc5c(-c6ccccc6)cc1c2c5c43. The molecule has 0 atom stereocenters. The highest BCUT2D eigenvalue weighted by molar-refractivity contribution is 6.33. The van der Waals surface area contributed by atoms with Gasteiger partial charge in [0.15, 0.2) is 0 Å². The van der Waals surface area contributed by atoms with Crippen LogP contribution in [0, 0.1) is 0 Å². The summed E-state index contributed by atoms with van der Waals surface area (Å²) < 4.78 is 0. The lowest BCUT2D eigenvalue weighted by Gasteiger charge is -2.37. The first-order valence-corrected chi connectivity index (χ1v) is 15.2. The van der Waals surface area contributed by atoms with E-state index >= 15 is 0 Å². The summed E-state index contributed by atoms with van der Waals surface area (Å²) >= 11 is 0. The molecule has 8 aromatic rings. The van der Waals surface area contributed by atoms with E-state index < -0.39 is 0 Å². The molecule has 0 aliphatic heterocycles. The van der Waals surface area contributed by atoms with Gasteiger partial charge in [-0.25, -0.2) is 0 Å². The van der Waals surface area contributed by atoms with Crippen LogP contribution in [0.1, 0.15) is 25.0 Å². The first kappa shape index (κ1) is 24.4. The van der Waals surface area contributed by atoms with Crippen molar-refractivity contribution < 1.29 is 0 Å². The van der Waals surface area contributed by atoms with Gasteiger partial charge in [-0.3, -0.25) is 0 Å². The predicted molar refractivity (Wildman–Crippen MR) is 184 cm³/mol. The molecular formula is C43H30. The van der Waals surface area contributed by atoms with Crippen LogP contribution in [0.15, 0.2) is 146 Å². The molecule has 0 spiro atoms. The van der Waals surface area contributed by atoms with Crippen molar-refractivity contribution in [1.82, 2.24) is 0 Å². The summed E-state index contributed by atoms with van der Waals surface area (Å²) in [7, 11) is 0. The van der Waals surface area contributed by atoms with Gasteiger partial charge in [-0.1, -0.05) is 141 Å². The highest BCUT2D eigenvalue weighted by atomic mass is 14.4. The number of fused-ring (bicyclic) bond motifs is 2. The molecule has 0 nitrogen and oxygen atoms in total. The van der Waals surface area contributed by atoms with E-state index in [4.69, 9.17) is 0 Å². The van der Waals surface area contributed by atoms with Crippen LogP contribution in [0.5, 0.6) is 0 Å². The van der Waals surface area contributed by atoms with Gasteiger partial charge >= 0.3 is 0 Å². The Balaban J connectivity index is 1.57. The molecule has 0 heteroatoms. The van der Waals surface area contributed by atoms with Crippen LogP contribution >= 0.6 is 0 Å². The summed E-state index contributed by atoms with van der Waals surface area (Å²) in [5.74, 6) is 0. The molecule has 43 heavy (non-hydrogen) atoms. The van der Waals surface area contributed by atoms with E-state index in [9.17, 15) is 0 Å². The average molecular weight is 547 g/mol. The third-order valence-electron chi connectivity index (χ3n) is 9.82. The molecule has 0 amide bonds. The van der Waals surface area contributed by atoms with Crippen LogP contribution in [-0.2, 0) is 5.41 Å². The highest BCUT2D eigenvalue weighted by Gasteiger charge is 2.35. The summed E-state index contributed by atoms with van der Waals surface area (Å²) in [6.45, 7) is 4.81. The minimum absolute atomic E-state index is 0.139. The van der Waals surface area contributed by atoms with E-state index in [-0.39, 0.29) is 5.41 Å². The molecule has 202 valence electrons. The molecule has 0 bridgehead atoms. The predicted octanol–water partition coefficient (Wildman–Crippen LogP) is 11.9. The van der Waals surface area contributed by atoms with Crippen LogP contribution in [0.3, 0.4) is 0 Å². The Hall–Kier alpha value is -5.20. The molecular weight excluding hydrogens is 516 g/mol. The van der Waals surface area contributed by atoms with E-state index in [2.05, 4.69) is 159 Å². The Morgan fingerprint density at radius 2 is 0.814 bits per heavy atom. The lowest BCUT2D eigenvalue weighted by molar-refractivity contribution is 0.645. The maximum atomic E-state index is 2.50. The van der Waals surface area contributed by atoms with Crippen molar-refractivity contribution in [2.24, 2.45) is 0 Å². The van der Waals surface area contributed by atoms with Crippen molar-refractivity contribution in [3.63, 3.8) is 0 Å². The van der Waals surface area contributed by atoms with Gasteiger partial charge in [-0.15, -0.1) is 0 Å². The minimum Gasteiger partial charge on any atom is -0.0622 e. The van der Waals surface area contributed by atoms with Gasteiger partial charge in [0.25, 0.3) is 0 Å². The molecule has 0 aromatic heterocycles. The van der Waals surface area contributed by atoms with E-state index in [1.165, 1.54) is 88.0 Å². The summed E-state index contributed by atoms with van der Waals surface area (Å²) in [4.78, 5) is 0. The van der Waals surface area contributed by atoms with Gasteiger partial charge in [-0.2, -0.15) is 0 Å². The largest absolute Gasteiger partial charge is 0.0622 e. The van der Waals surface area contributed by atoms with E-state index in [1.807, 2.05) is 0 Å². The molecule has 0 saturated carbocycles. The van der Waals surface area contributed by atoms with Gasteiger partial charge in [0.1, 0.15) is 0 Å². The number of benzene rings is 8. The quantitative estimate of drug-likeness (QED) is 0.193. The van der Waals surface area contributed by atoms with Gasteiger partial charge < -0.3 is 0 Å². The Labute approximate surface area is 252 Å². The summed E-state index contributed by atoms with van der Waals surface area (Å²) in [5, 5.41) is 8.11. The van der Waals surface area contributed by atoms with Crippen LogP contribution in [0.25, 0.3) is 76.8 Å². The highest BCUT2D eigenvalue weighted by Crippen LogP contribution is 2.55. The van der Waals surface area contributed by atoms with Crippen LogP contribution in [0.4, 0.5) is 0 Å². The lowest BCUT2D eigenvalue weighted by Crippen LogP contribution is -2.24. The molecule has 0 heterocycles. The fourth-order valence-electron chi connectivity index (χ4n) is 7.78. The second-order valence-corrected chi connectivity index (χ2v) is 12.5. The first-order valence-electron chi connectivity index (χ1n) is 15.2. The molecule has 0 N–H and O–H groups in total. The topological polar surface area (TPSA) is 0 Å². The molecule has 0 saturated heterocycles. The van der Waals surface area contributed by atoms with Crippen molar-refractivity contribution >= 4 is 32.3 Å². The van der Waals surface area contributed by atoms with Crippen LogP contribution < -0.4 is 0 Å². The lowest BCUT2D eigenvalue weighted by atomic mass is 9.66. The van der Waals surface area contributed by atoms with Crippen molar-refractivity contribution in [3.8, 4) is 44.5 Å². The summed E-state index contributed by atoms with van der Waals surface area (Å²) in [6.07, 6.45) is 0. The first-order chi connectivity index (χ1) is 21.1. The summed E-state index contributed by atoms with van der Waals surface area (Å²) in [6, 6.07) is 54.0.